The van der Waals surface area contributed by atoms with Crippen molar-refractivity contribution >= 4 is 16.1 Å². The van der Waals surface area contributed by atoms with Gasteiger partial charge in [0.05, 0.1) is 35.6 Å². The third-order valence-electron chi connectivity index (χ3n) is 7.87. The molecule has 3 aromatic carbocycles. The van der Waals surface area contributed by atoms with Gasteiger partial charge < -0.3 is 9.47 Å². The standard InChI is InChI=1S/C32H31F6N3O5S/c1-22(24-16-26(31(33,34)35)18-27(17-24)32(36,37)38)46-21-29(25-12-8-5-9-13-25)14-15-30(39-2,40-47(3,43)44)20-41(29)28(42)45-19-23-10-6-4-7-11-23/h4-13,16-18,22,40H,14-15,19-21H2,1,3H3/t22-,29+,30+/m1/s1. The van der Waals surface area contributed by atoms with E-state index in [0.717, 1.165) is 11.2 Å². The highest BCUT2D eigenvalue weighted by atomic mass is 32.2. The van der Waals surface area contributed by atoms with Crippen LogP contribution in [0.2, 0.25) is 0 Å². The Morgan fingerprint density at radius 2 is 1.51 bits per heavy atom. The summed E-state index contributed by atoms with van der Waals surface area (Å²) >= 11 is 0. The summed E-state index contributed by atoms with van der Waals surface area (Å²) in [6, 6.07) is 18.1. The number of carbonyl (C=O) groups excluding carboxylic acids is 1. The summed E-state index contributed by atoms with van der Waals surface area (Å²) in [5.74, 6) is 0. The highest BCUT2D eigenvalue weighted by molar-refractivity contribution is 7.88. The van der Waals surface area contributed by atoms with Gasteiger partial charge in [0.1, 0.15) is 13.2 Å². The highest BCUT2D eigenvalue weighted by Gasteiger charge is 2.56. The summed E-state index contributed by atoms with van der Waals surface area (Å²) in [4.78, 5) is 18.6. The molecule has 1 N–H and O–H groups in total. The van der Waals surface area contributed by atoms with Crippen molar-refractivity contribution in [3.63, 3.8) is 0 Å². The SMILES string of the molecule is [C-]#[N+][C@]1(NS(C)(=O)=O)CC[C@](CO[C@H](C)c2cc(C(F)(F)F)cc(C(F)(F)F)c2)(c2ccccc2)N(C(=O)OCc2ccccc2)C1. The van der Waals surface area contributed by atoms with Gasteiger partial charge in [-0.05, 0) is 48.2 Å². The van der Waals surface area contributed by atoms with E-state index in [2.05, 4.69) is 9.57 Å². The van der Waals surface area contributed by atoms with Crippen LogP contribution in [-0.4, -0.2) is 44.5 Å². The van der Waals surface area contributed by atoms with Crippen LogP contribution in [0.1, 0.15) is 53.7 Å². The first-order valence-electron chi connectivity index (χ1n) is 14.2. The number of hydrogen-bond donors (Lipinski definition) is 1. The minimum atomic E-state index is -5.07. The molecule has 0 aliphatic carbocycles. The van der Waals surface area contributed by atoms with Gasteiger partial charge >= 0.3 is 24.1 Å². The normalized spacial score (nSPS) is 21.1. The zero-order valence-corrected chi connectivity index (χ0v) is 26.0. The van der Waals surface area contributed by atoms with Crippen LogP contribution in [0.5, 0.6) is 0 Å². The van der Waals surface area contributed by atoms with Crippen molar-refractivity contribution in [1.82, 2.24) is 9.62 Å². The van der Waals surface area contributed by atoms with Crippen LogP contribution in [0.4, 0.5) is 31.1 Å². The third-order valence-corrected chi connectivity index (χ3v) is 8.62. The largest absolute Gasteiger partial charge is 0.445 e. The highest BCUT2D eigenvalue weighted by Crippen LogP contribution is 2.44. The topological polar surface area (TPSA) is 89.3 Å². The maximum Gasteiger partial charge on any atom is 0.416 e. The average molecular weight is 684 g/mol. The lowest BCUT2D eigenvalue weighted by Crippen LogP contribution is -2.65. The molecule has 0 bridgehead atoms. The lowest BCUT2D eigenvalue weighted by atomic mass is 9.78. The first-order valence-corrected chi connectivity index (χ1v) is 16.1. The van der Waals surface area contributed by atoms with Crippen molar-refractivity contribution in [2.24, 2.45) is 0 Å². The minimum absolute atomic E-state index is 0.0199. The number of sulfonamides is 1. The first kappa shape index (κ1) is 35.7. The van der Waals surface area contributed by atoms with E-state index in [-0.39, 0.29) is 25.5 Å². The van der Waals surface area contributed by atoms with E-state index >= 15 is 0 Å². The number of rotatable bonds is 9. The molecule has 47 heavy (non-hydrogen) atoms. The van der Waals surface area contributed by atoms with Crippen molar-refractivity contribution < 1.29 is 49.0 Å². The molecule has 1 heterocycles. The van der Waals surface area contributed by atoms with E-state index in [9.17, 15) is 39.6 Å². The lowest BCUT2D eigenvalue weighted by Gasteiger charge is -2.49. The molecule has 1 amide bonds. The molecule has 3 aromatic rings. The number of piperidine rings is 1. The van der Waals surface area contributed by atoms with Gasteiger partial charge in [-0.15, -0.1) is 4.72 Å². The number of benzene rings is 3. The van der Waals surface area contributed by atoms with Crippen LogP contribution >= 0.6 is 0 Å². The van der Waals surface area contributed by atoms with Crippen molar-refractivity contribution in [3.05, 3.63) is 118 Å². The predicted octanol–water partition coefficient (Wildman–Crippen LogP) is 7.29. The molecular weight excluding hydrogens is 652 g/mol. The Balaban J connectivity index is 1.76. The lowest BCUT2D eigenvalue weighted by molar-refractivity contribution is -0.143. The fourth-order valence-electron chi connectivity index (χ4n) is 5.47. The van der Waals surface area contributed by atoms with E-state index in [1.54, 1.807) is 60.7 Å². The molecule has 8 nitrogen and oxygen atoms in total. The number of carbonyl (C=O) groups is 1. The van der Waals surface area contributed by atoms with E-state index < -0.39 is 75.6 Å². The second-order valence-corrected chi connectivity index (χ2v) is 13.1. The number of nitrogens with one attached hydrogen (secondary N) is 1. The number of halogens is 6. The van der Waals surface area contributed by atoms with Crippen LogP contribution in [0.3, 0.4) is 0 Å². The van der Waals surface area contributed by atoms with Gasteiger partial charge in [-0.25, -0.2) is 19.8 Å². The molecule has 252 valence electrons. The second-order valence-electron chi connectivity index (χ2n) is 11.3. The van der Waals surface area contributed by atoms with E-state index in [1.807, 2.05) is 0 Å². The van der Waals surface area contributed by atoms with Crippen LogP contribution in [0.15, 0.2) is 78.9 Å². The Hall–Kier alpha value is -4.13. The number of alkyl halides is 6. The van der Waals surface area contributed by atoms with Crippen LogP contribution in [0, 0.1) is 6.57 Å². The Morgan fingerprint density at radius 3 is 2.02 bits per heavy atom. The van der Waals surface area contributed by atoms with E-state index in [0.29, 0.717) is 23.3 Å². The molecular formula is C32H31F6N3O5S. The maximum atomic E-state index is 13.9. The molecule has 0 spiro atoms. The van der Waals surface area contributed by atoms with E-state index in [4.69, 9.17) is 16.0 Å². The van der Waals surface area contributed by atoms with Crippen LogP contribution in [0.25, 0.3) is 4.85 Å². The minimum Gasteiger partial charge on any atom is -0.445 e. The smallest absolute Gasteiger partial charge is 0.416 e. The molecule has 4 rings (SSSR count). The van der Waals surface area contributed by atoms with Gasteiger partial charge in [0.25, 0.3) is 0 Å². The van der Waals surface area contributed by atoms with Gasteiger partial charge in [-0.1, -0.05) is 60.7 Å². The quantitative estimate of drug-likeness (QED) is 0.189. The number of likely N-dealkylation sites (tertiary alicyclic amines) is 1. The molecule has 0 aromatic heterocycles. The van der Waals surface area contributed by atoms with Gasteiger partial charge in [0, 0.05) is 6.42 Å². The van der Waals surface area contributed by atoms with Crippen molar-refractivity contribution in [3.8, 4) is 0 Å². The number of amides is 1. The summed E-state index contributed by atoms with van der Waals surface area (Å²) in [6.07, 6.45) is -11.8. The Morgan fingerprint density at radius 1 is 0.957 bits per heavy atom. The fourth-order valence-corrected chi connectivity index (χ4v) is 6.38. The first-order chi connectivity index (χ1) is 21.9. The van der Waals surface area contributed by atoms with Crippen molar-refractivity contribution in [2.45, 2.75) is 56.0 Å². The number of hydrogen-bond acceptors (Lipinski definition) is 5. The second kappa shape index (κ2) is 13.5. The molecule has 0 radical (unpaired) electrons. The molecule has 1 fully saturated rings. The Bertz CT molecular complexity index is 1680. The molecule has 0 unspecified atom stereocenters. The average Bonchev–Trinajstić information content (AvgIpc) is 3.02. The summed E-state index contributed by atoms with van der Waals surface area (Å²) in [6.45, 7) is 7.99. The van der Waals surface area contributed by atoms with Crippen molar-refractivity contribution in [1.29, 1.82) is 0 Å². The molecule has 3 atom stereocenters. The molecule has 15 heteroatoms. The molecule has 0 saturated carbocycles. The summed E-state index contributed by atoms with van der Waals surface area (Å²) < 4.78 is 120. The zero-order chi connectivity index (χ0) is 34.7. The number of nitrogens with zero attached hydrogens (tertiary/aromatic N) is 2. The fraction of sp³-hybridized carbons (Fsp3) is 0.375. The maximum absolute atomic E-state index is 13.9. The van der Waals surface area contributed by atoms with Gasteiger partial charge in [0.15, 0.2) is 0 Å². The van der Waals surface area contributed by atoms with Crippen LogP contribution in [-0.2, 0) is 44.0 Å². The summed E-state index contributed by atoms with van der Waals surface area (Å²) in [5, 5.41) is 0. The number of ether oxygens (including phenoxy) is 2. The Kier molecular flexibility index (Phi) is 10.3. The van der Waals surface area contributed by atoms with Gasteiger partial charge in [-0.3, -0.25) is 9.74 Å². The van der Waals surface area contributed by atoms with Gasteiger partial charge in [-0.2, -0.15) is 26.3 Å². The zero-order valence-electron chi connectivity index (χ0n) is 25.2. The summed E-state index contributed by atoms with van der Waals surface area (Å²) in [5.41, 5.74) is -5.61. The Labute approximate surface area is 268 Å². The predicted molar refractivity (Wildman–Crippen MR) is 159 cm³/mol. The molecule has 1 saturated heterocycles. The van der Waals surface area contributed by atoms with Gasteiger partial charge in [0.2, 0.25) is 10.0 Å². The van der Waals surface area contributed by atoms with Crippen molar-refractivity contribution in [2.75, 3.05) is 19.4 Å². The monoisotopic (exact) mass is 683 g/mol. The summed E-state index contributed by atoms with van der Waals surface area (Å²) in [7, 11) is -3.95. The van der Waals surface area contributed by atoms with E-state index in [1.165, 1.54) is 6.92 Å². The van der Waals surface area contributed by atoms with Crippen LogP contribution < -0.4 is 4.72 Å². The third kappa shape index (κ3) is 8.62. The molecule has 1 aliphatic rings. The molecule has 1 aliphatic heterocycles.